The van der Waals surface area contributed by atoms with E-state index in [1.807, 2.05) is 12.1 Å². The second-order valence-corrected chi connectivity index (χ2v) is 7.94. The van der Waals surface area contributed by atoms with Crippen molar-refractivity contribution in [1.29, 1.82) is 0 Å². The predicted molar refractivity (Wildman–Crippen MR) is 118 cm³/mol. The number of aliphatic carboxylic acids is 1. The summed E-state index contributed by atoms with van der Waals surface area (Å²) >= 11 is 0. The van der Waals surface area contributed by atoms with Crippen molar-refractivity contribution in [2.75, 3.05) is 6.54 Å². The van der Waals surface area contributed by atoms with Gasteiger partial charge in [0, 0.05) is 19.2 Å². The molecule has 164 valence electrons. The van der Waals surface area contributed by atoms with Crippen molar-refractivity contribution in [1.82, 2.24) is 10.3 Å². The summed E-state index contributed by atoms with van der Waals surface area (Å²) in [5.41, 5.74) is 1.72. The van der Waals surface area contributed by atoms with Crippen LogP contribution in [0.4, 0.5) is 0 Å². The number of carboxylic acid groups (broad SMARTS) is 1. The molecule has 0 aliphatic rings. The van der Waals surface area contributed by atoms with Crippen LogP contribution in [0.1, 0.15) is 113 Å². The molecule has 1 rings (SSSR count). The lowest BCUT2D eigenvalue weighted by molar-refractivity contribution is -0.137. The van der Waals surface area contributed by atoms with Gasteiger partial charge in [0.15, 0.2) is 0 Å². The third-order valence-electron chi connectivity index (χ3n) is 5.23. The molecule has 0 aliphatic carbocycles. The Labute approximate surface area is 176 Å². The lowest BCUT2D eigenvalue weighted by atomic mass is 10.1. The van der Waals surface area contributed by atoms with Crippen molar-refractivity contribution in [2.45, 2.75) is 103 Å². The maximum atomic E-state index is 12.3. The smallest absolute Gasteiger partial charge is 0.303 e. The number of pyridine rings is 1. The molecule has 1 amide bonds. The molecule has 2 N–H and O–H groups in total. The average Bonchev–Trinajstić information content (AvgIpc) is 2.71. The van der Waals surface area contributed by atoms with Crippen LogP contribution in [0.2, 0.25) is 0 Å². The Morgan fingerprint density at radius 2 is 1.52 bits per heavy atom. The lowest BCUT2D eigenvalue weighted by Gasteiger charge is -2.07. The second-order valence-electron chi connectivity index (χ2n) is 7.94. The molecule has 29 heavy (non-hydrogen) atoms. The number of carboxylic acids is 1. The van der Waals surface area contributed by atoms with Gasteiger partial charge in [-0.15, -0.1) is 0 Å². The number of unbranched alkanes of at least 4 members (excludes halogenated alkanes) is 11. The monoisotopic (exact) mass is 404 g/mol. The molecule has 5 heteroatoms. The van der Waals surface area contributed by atoms with Crippen LogP contribution in [0, 0.1) is 0 Å². The van der Waals surface area contributed by atoms with Gasteiger partial charge in [-0.3, -0.25) is 14.6 Å². The van der Waals surface area contributed by atoms with E-state index in [2.05, 4.69) is 17.2 Å². The predicted octanol–water partition coefficient (Wildman–Crippen LogP) is 5.92. The average molecular weight is 405 g/mol. The Bertz CT molecular complexity index is 575. The number of hydrogen-bond acceptors (Lipinski definition) is 3. The molecular formula is C24H40N2O3. The van der Waals surface area contributed by atoms with Gasteiger partial charge in [-0.05, 0) is 43.4 Å². The van der Waals surface area contributed by atoms with Gasteiger partial charge in [0.05, 0.1) is 0 Å². The van der Waals surface area contributed by atoms with E-state index in [1.165, 1.54) is 44.1 Å². The minimum absolute atomic E-state index is 0.0801. The summed E-state index contributed by atoms with van der Waals surface area (Å²) in [7, 11) is 0. The van der Waals surface area contributed by atoms with Gasteiger partial charge in [0.2, 0.25) is 0 Å². The number of nitrogens with one attached hydrogen (secondary N) is 1. The summed E-state index contributed by atoms with van der Waals surface area (Å²) in [5, 5.41) is 11.6. The fourth-order valence-electron chi connectivity index (χ4n) is 3.44. The molecule has 0 radical (unpaired) electrons. The summed E-state index contributed by atoms with van der Waals surface area (Å²) in [6.07, 6.45) is 17.9. The van der Waals surface area contributed by atoms with Crippen LogP contribution in [-0.2, 0) is 11.2 Å². The van der Waals surface area contributed by atoms with Gasteiger partial charge >= 0.3 is 5.97 Å². The van der Waals surface area contributed by atoms with E-state index < -0.39 is 5.97 Å². The fourth-order valence-corrected chi connectivity index (χ4v) is 3.44. The first-order chi connectivity index (χ1) is 14.1. The van der Waals surface area contributed by atoms with Crippen LogP contribution in [-0.4, -0.2) is 28.5 Å². The highest BCUT2D eigenvalue weighted by Crippen LogP contribution is 2.11. The molecule has 1 aromatic rings. The number of carbonyl (C=O) groups excluding carboxylic acids is 1. The molecule has 0 spiro atoms. The van der Waals surface area contributed by atoms with E-state index in [-0.39, 0.29) is 12.3 Å². The van der Waals surface area contributed by atoms with Crippen molar-refractivity contribution in [3.05, 3.63) is 29.6 Å². The molecule has 0 aromatic carbocycles. The Morgan fingerprint density at radius 1 is 0.897 bits per heavy atom. The summed E-state index contributed by atoms with van der Waals surface area (Å²) in [4.78, 5) is 26.9. The zero-order valence-corrected chi connectivity index (χ0v) is 18.3. The zero-order valence-electron chi connectivity index (χ0n) is 18.3. The normalized spacial score (nSPS) is 10.8. The third-order valence-corrected chi connectivity index (χ3v) is 5.23. The number of hydrogen-bond donors (Lipinski definition) is 2. The van der Waals surface area contributed by atoms with Crippen LogP contribution in [0.5, 0.6) is 0 Å². The molecule has 0 bridgehead atoms. The molecule has 1 heterocycles. The van der Waals surface area contributed by atoms with Gasteiger partial charge in [-0.25, -0.2) is 0 Å². The third kappa shape index (κ3) is 13.8. The minimum Gasteiger partial charge on any atom is -0.481 e. The number of aromatic nitrogens is 1. The summed E-state index contributed by atoms with van der Waals surface area (Å²) in [6, 6.07) is 3.94. The Hall–Kier alpha value is -1.91. The van der Waals surface area contributed by atoms with Crippen molar-refractivity contribution in [3.8, 4) is 0 Å². The van der Waals surface area contributed by atoms with Gasteiger partial charge in [0.1, 0.15) is 5.69 Å². The highest BCUT2D eigenvalue weighted by Gasteiger charge is 2.07. The number of carbonyl (C=O) groups is 2. The topological polar surface area (TPSA) is 79.3 Å². The summed E-state index contributed by atoms with van der Waals surface area (Å²) < 4.78 is 0. The first-order valence-electron chi connectivity index (χ1n) is 11.6. The Balaban J connectivity index is 2.09. The van der Waals surface area contributed by atoms with Crippen LogP contribution < -0.4 is 5.32 Å². The number of amides is 1. The minimum atomic E-state index is -0.705. The van der Waals surface area contributed by atoms with E-state index in [4.69, 9.17) is 5.11 Å². The van der Waals surface area contributed by atoms with E-state index in [0.717, 1.165) is 51.4 Å². The van der Waals surface area contributed by atoms with E-state index >= 15 is 0 Å². The zero-order chi connectivity index (χ0) is 21.2. The number of nitrogens with zero attached hydrogens (tertiary/aromatic N) is 1. The van der Waals surface area contributed by atoms with Gasteiger partial charge in [0.25, 0.3) is 5.91 Å². The molecule has 0 saturated heterocycles. The van der Waals surface area contributed by atoms with E-state index in [9.17, 15) is 9.59 Å². The number of rotatable bonds is 18. The number of aryl methyl sites for hydroxylation is 1. The van der Waals surface area contributed by atoms with Gasteiger partial charge in [-0.2, -0.15) is 0 Å². The Morgan fingerprint density at radius 3 is 2.21 bits per heavy atom. The van der Waals surface area contributed by atoms with Crippen LogP contribution >= 0.6 is 0 Å². The fraction of sp³-hybridized carbons (Fsp3) is 0.708. The maximum Gasteiger partial charge on any atom is 0.303 e. The summed E-state index contributed by atoms with van der Waals surface area (Å²) in [6.45, 7) is 2.91. The molecule has 0 aliphatic heterocycles. The molecule has 5 nitrogen and oxygen atoms in total. The first kappa shape index (κ1) is 25.1. The highest BCUT2D eigenvalue weighted by atomic mass is 16.4. The lowest BCUT2D eigenvalue weighted by Crippen LogP contribution is -2.25. The molecular weight excluding hydrogens is 364 g/mol. The van der Waals surface area contributed by atoms with Gasteiger partial charge < -0.3 is 10.4 Å². The van der Waals surface area contributed by atoms with Crippen LogP contribution in [0.15, 0.2) is 18.3 Å². The van der Waals surface area contributed by atoms with E-state index in [0.29, 0.717) is 12.2 Å². The van der Waals surface area contributed by atoms with Gasteiger partial charge in [-0.1, -0.05) is 71.1 Å². The quantitative estimate of drug-likeness (QED) is 0.298. The molecule has 0 atom stereocenters. The highest BCUT2D eigenvalue weighted by molar-refractivity contribution is 5.92. The maximum absolute atomic E-state index is 12.3. The molecule has 0 unspecified atom stereocenters. The van der Waals surface area contributed by atoms with E-state index in [1.54, 1.807) is 6.20 Å². The van der Waals surface area contributed by atoms with Crippen molar-refractivity contribution >= 4 is 11.9 Å². The van der Waals surface area contributed by atoms with Crippen LogP contribution in [0.25, 0.3) is 0 Å². The summed E-state index contributed by atoms with van der Waals surface area (Å²) in [5.74, 6) is -0.786. The van der Waals surface area contributed by atoms with Crippen molar-refractivity contribution in [2.24, 2.45) is 0 Å². The SMILES string of the molecule is CCCCCCCCc1ccnc(C(=O)NCCCCCCCCCC(=O)O)c1. The second kappa shape index (κ2) is 17.0. The first-order valence-corrected chi connectivity index (χ1v) is 11.6. The molecule has 1 aromatic heterocycles. The Kier molecular flexibility index (Phi) is 14.7. The van der Waals surface area contributed by atoms with Crippen LogP contribution in [0.3, 0.4) is 0 Å². The van der Waals surface area contributed by atoms with Crippen molar-refractivity contribution < 1.29 is 14.7 Å². The van der Waals surface area contributed by atoms with Crippen molar-refractivity contribution in [3.63, 3.8) is 0 Å². The molecule has 0 saturated carbocycles. The largest absolute Gasteiger partial charge is 0.481 e. The standard InChI is InChI=1S/C24H40N2O3/c1-2-3-4-5-9-12-15-21-17-19-25-22(20-21)24(29)26-18-14-11-8-6-7-10-13-16-23(27)28/h17,19-20H,2-16,18H2,1H3,(H,26,29)(H,27,28). The molecule has 0 fully saturated rings.